The first-order valence-electron chi connectivity index (χ1n) is 7.80. The van der Waals surface area contributed by atoms with Crippen LogP contribution in [-0.4, -0.2) is 35.7 Å². The molecule has 0 bridgehead atoms. The molecule has 1 aliphatic heterocycles. The number of carbonyl (C=O) groups is 4. The Labute approximate surface area is 162 Å². The number of nitrogens with zero attached hydrogens (tertiary/aromatic N) is 1. The molecular formula is C16H16FN5O5S. The van der Waals surface area contributed by atoms with Crippen LogP contribution in [0.2, 0.25) is 0 Å². The zero-order chi connectivity index (χ0) is 21.1. The Kier molecular flexibility index (Phi) is 6.09. The lowest BCUT2D eigenvalue weighted by Crippen LogP contribution is -2.47. The summed E-state index contributed by atoms with van der Waals surface area (Å²) in [5, 5.41) is 11.3. The number of nitriles is 1. The fourth-order valence-electron chi connectivity index (χ4n) is 2.02. The van der Waals surface area contributed by atoms with Crippen molar-refractivity contribution in [2.75, 3.05) is 11.1 Å². The number of hydrogen-bond acceptors (Lipinski definition) is 7. The first kappa shape index (κ1) is 21.0. The van der Waals surface area contributed by atoms with Crippen molar-refractivity contribution in [2.24, 2.45) is 11.1 Å². The van der Waals surface area contributed by atoms with Gasteiger partial charge in [0.05, 0.1) is 17.3 Å². The molecule has 0 aromatic heterocycles. The molecule has 12 heteroatoms. The average molecular weight is 409 g/mol. The Morgan fingerprint density at radius 2 is 2.07 bits per heavy atom. The number of fused-ring (bicyclic) bond motifs is 1. The van der Waals surface area contributed by atoms with Crippen molar-refractivity contribution >= 4 is 41.3 Å². The maximum Gasteiger partial charge on any atom is 0.405 e. The molecule has 0 radical (unpaired) electrons. The number of hydrogen-bond donors (Lipinski definition) is 4. The minimum absolute atomic E-state index is 0.00601. The van der Waals surface area contributed by atoms with Crippen molar-refractivity contribution in [3.63, 3.8) is 0 Å². The molecule has 1 atom stereocenters. The zero-order valence-electron chi connectivity index (χ0n) is 14.8. The topological polar surface area (TPSA) is 163 Å². The summed E-state index contributed by atoms with van der Waals surface area (Å²) >= 11 is 1.03. The Morgan fingerprint density at radius 3 is 2.68 bits per heavy atom. The van der Waals surface area contributed by atoms with E-state index in [1.165, 1.54) is 13.8 Å². The van der Waals surface area contributed by atoms with Crippen LogP contribution >= 0.6 is 11.8 Å². The summed E-state index contributed by atoms with van der Waals surface area (Å²) in [7, 11) is 0. The standard InChI is InChI=1S/C16H16FN5O5S/c1-16(2,6-18)14(25)22-21-12(23)7-3-9-11(4-8(7)17)28-5-10(13(24)20-9)27-15(19)26/h3-4,10H,5H2,1-2H3,(H2,19,26)(H,20,24)(H,21,23)(H,22,25)/t10-/m0/s1. The molecular weight excluding hydrogens is 393 g/mol. The predicted octanol–water partition coefficient (Wildman–Crippen LogP) is 0.645. The van der Waals surface area contributed by atoms with Gasteiger partial charge in [-0.15, -0.1) is 11.8 Å². The minimum atomic E-state index is -1.40. The number of hydrazine groups is 1. The van der Waals surface area contributed by atoms with E-state index in [0.717, 1.165) is 23.9 Å². The van der Waals surface area contributed by atoms with Crippen LogP contribution < -0.4 is 21.9 Å². The second kappa shape index (κ2) is 8.13. The molecule has 0 fully saturated rings. The zero-order valence-corrected chi connectivity index (χ0v) is 15.6. The SMILES string of the molecule is CC(C)(C#N)C(=O)NNC(=O)c1cc2c(cc1F)SC[C@H](OC(N)=O)C(=O)N2. The molecule has 4 amide bonds. The average Bonchev–Trinajstić information content (AvgIpc) is 2.77. The second-order valence-corrected chi connectivity index (χ2v) is 7.26. The molecule has 2 rings (SSSR count). The third kappa shape index (κ3) is 4.68. The van der Waals surface area contributed by atoms with E-state index in [-0.39, 0.29) is 11.4 Å². The summed E-state index contributed by atoms with van der Waals surface area (Å²) in [5.41, 5.74) is 7.23. The van der Waals surface area contributed by atoms with Crippen LogP contribution in [-0.2, 0) is 14.3 Å². The van der Waals surface area contributed by atoms with Gasteiger partial charge < -0.3 is 15.8 Å². The van der Waals surface area contributed by atoms with Crippen molar-refractivity contribution < 1.29 is 28.3 Å². The minimum Gasteiger partial charge on any atom is -0.435 e. The van der Waals surface area contributed by atoms with Crippen molar-refractivity contribution in [1.82, 2.24) is 10.9 Å². The molecule has 0 spiro atoms. The monoisotopic (exact) mass is 409 g/mol. The number of halogens is 1. The summed E-state index contributed by atoms with van der Waals surface area (Å²) < 4.78 is 19.0. The van der Waals surface area contributed by atoms with Crippen LogP contribution in [0.4, 0.5) is 14.9 Å². The highest BCUT2D eigenvalue weighted by molar-refractivity contribution is 7.99. The number of nitrogens with one attached hydrogen (secondary N) is 3. The number of thioether (sulfide) groups is 1. The number of primary amides is 1. The number of amides is 4. The van der Waals surface area contributed by atoms with Gasteiger partial charge in [-0.1, -0.05) is 0 Å². The van der Waals surface area contributed by atoms with E-state index in [1.54, 1.807) is 6.07 Å². The van der Waals surface area contributed by atoms with Gasteiger partial charge in [-0.25, -0.2) is 9.18 Å². The number of anilines is 1. The maximum absolute atomic E-state index is 14.3. The molecule has 148 valence electrons. The van der Waals surface area contributed by atoms with Gasteiger partial charge in [-0.3, -0.25) is 25.2 Å². The highest BCUT2D eigenvalue weighted by Crippen LogP contribution is 2.33. The van der Waals surface area contributed by atoms with Gasteiger partial charge in [0.25, 0.3) is 17.7 Å². The normalized spacial score (nSPS) is 15.9. The Bertz CT molecular complexity index is 898. The molecule has 1 aromatic carbocycles. The van der Waals surface area contributed by atoms with Crippen LogP contribution in [0, 0.1) is 22.6 Å². The Balaban J connectivity index is 2.18. The summed E-state index contributed by atoms with van der Waals surface area (Å²) in [4.78, 5) is 47.3. The maximum atomic E-state index is 14.3. The van der Waals surface area contributed by atoms with Gasteiger partial charge in [0.2, 0.25) is 0 Å². The molecule has 1 heterocycles. The third-order valence-electron chi connectivity index (χ3n) is 3.65. The number of rotatable bonds is 3. The fourth-order valence-corrected chi connectivity index (χ4v) is 3.02. The highest BCUT2D eigenvalue weighted by atomic mass is 32.2. The number of nitrogens with two attached hydrogens (primary N) is 1. The lowest BCUT2D eigenvalue weighted by atomic mass is 9.95. The second-order valence-electron chi connectivity index (χ2n) is 6.20. The Hall–Kier alpha value is -3.33. The van der Waals surface area contributed by atoms with E-state index in [0.29, 0.717) is 4.90 Å². The summed E-state index contributed by atoms with van der Waals surface area (Å²) in [6.07, 6.45) is -2.31. The summed E-state index contributed by atoms with van der Waals surface area (Å²) in [6.45, 7) is 2.68. The molecule has 1 aliphatic rings. The number of ether oxygens (including phenoxy) is 1. The van der Waals surface area contributed by atoms with Crippen LogP contribution in [0.3, 0.4) is 0 Å². The lowest BCUT2D eigenvalue weighted by Gasteiger charge is -2.16. The van der Waals surface area contributed by atoms with E-state index in [9.17, 15) is 23.6 Å². The van der Waals surface area contributed by atoms with Crippen LogP contribution in [0.5, 0.6) is 0 Å². The molecule has 5 N–H and O–H groups in total. The van der Waals surface area contributed by atoms with Crippen molar-refractivity contribution in [1.29, 1.82) is 5.26 Å². The lowest BCUT2D eigenvalue weighted by molar-refractivity contribution is -0.127. The molecule has 0 saturated heterocycles. The van der Waals surface area contributed by atoms with E-state index in [4.69, 9.17) is 11.0 Å². The fraction of sp³-hybridized carbons (Fsp3) is 0.312. The van der Waals surface area contributed by atoms with Crippen molar-refractivity contribution in [2.45, 2.75) is 24.8 Å². The molecule has 1 aromatic rings. The molecule has 10 nitrogen and oxygen atoms in total. The summed E-state index contributed by atoms with van der Waals surface area (Å²) in [6, 6.07) is 3.87. The van der Waals surface area contributed by atoms with Crippen molar-refractivity contribution in [3.8, 4) is 6.07 Å². The van der Waals surface area contributed by atoms with Gasteiger partial charge in [-0.05, 0) is 26.0 Å². The predicted molar refractivity (Wildman–Crippen MR) is 95.2 cm³/mol. The van der Waals surface area contributed by atoms with Crippen molar-refractivity contribution in [3.05, 3.63) is 23.5 Å². The number of carbonyl (C=O) groups excluding carboxylic acids is 4. The van der Waals surface area contributed by atoms with E-state index in [2.05, 4.69) is 10.1 Å². The van der Waals surface area contributed by atoms with Crippen LogP contribution in [0.15, 0.2) is 17.0 Å². The van der Waals surface area contributed by atoms with E-state index in [1.807, 2.05) is 10.9 Å². The number of benzene rings is 1. The Morgan fingerprint density at radius 1 is 1.39 bits per heavy atom. The van der Waals surface area contributed by atoms with Gasteiger partial charge in [-0.2, -0.15) is 5.26 Å². The molecule has 0 unspecified atom stereocenters. The van der Waals surface area contributed by atoms with Crippen LogP contribution in [0.1, 0.15) is 24.2 Å². The third-order valence-corrected chi connectivity index (χ3v) is 4.77. The first-order chi connectivity index (χ1) is 13.0. The summed E-state index contributed by atoms with van der Waals surface area (Å²) in [5.74, 6) is -3.36. The van der Waals surface area contributed by atoms with E-state index < -0.39 is 46.7 Å². The molecule has 0 aliphatic carbocycles. The smallest absolute Gasteiger partial charge is 0.405 e. The van der Waals surface area contributed by atoms with Gasteiger partial charge in [0.1, 0.15) is 11.2 Å². The van der Waals surface area contributed by atoms with Crippen LogP contribution in [0.25, 0.3) is 0 Å². The largest absolute Gasteiger partial charge is 0.435 e. The molecule has 28 heavy (non-hydrogen) atoms. The molecule has 0 saturated carbocycles. The van der Waals surface area contributed by atoms with Gasteiger partial charge in [0, 0.05) is 10.6 Å². The quantitative estimate of drug-likeness (QED) is 0.532. The van der Waals surface area contributed by atoms with Gasteiger partial charge in [0.15, 0.2) is 6.10 Å². The van der Waals surface area contributed by atoms with Gasteiger partial charge >= 0.3 is 6.09 Å². The van der Waals surface area contributed by atoms with E-state index >= 15 is 0 Å². The highest BCUT2D eigenvalue weighted by Gasteiger charge is 2.30. The first-order valence-corrected chi connectivity index (χ1v) is 8.79.